The quantitative estimate of drug-likeness (QED) is 0.233. The maximum absolute atomic E-state index is 12.1. The Labute approximate surface area is 195 Å². The Bertz CT molecular complexity index is 1170. The lowest BCUT2D eigenvalue weighted by Crippen LogP contribution is -2.17. The first-order valence-electron chi connectivity index (χ1n) is 8.77. The monoisotopic (exact) mass is 521 g/mol. The Hall–Kier alpha value is -2.94. The maximum Gasteiger partial charge on any atom is 0.271 e. The molecule has 0 aromatic heterocycles. The van der Waals surface area contributed by atoms with Crippen molar-refractivity contribution in [2.24, 2.45) is 5.10 Å². The molecule has 1 N–H and O–H groups in total. The number of carbonyl (C=O) groups is 1. The second-order valence-corrected chi connectivity index (χ2v) is 7.92. The van der Waals surface area contributed by atoms with Crippen molar-refractivity contribution in [1.82, 2.24) is 5.43 Å². The molecule has 0 aliphatic rings. The van der Waals surface area contributed by atoms with Crippen LogP contribution in [0.5, 0.6) is 5.75 Å². The lowest BCUT2D eigenvalue weighted by molar-refractivity contribution is -0.384. The van der Waals surface area contributed by atoms with E-state index < -0.39 is 10.8 Å². The van der Waals surface area contributed by atoms with Crippen LogP contribution in [0, 0.1) is 10.1 Å². The van der Waals surface area contributed by atoms with Crippen molar-refractivity contribution in [2.75, 3.05) is 0 Å². The largest absolute Gasteiger partial charge is 0.488 e. The fourth-order valence-corrected chi connectivity index (χ4v) is 3.47. The average molecular weight is 523 g/mol. The number of hydrazone groups is 1. The van der Waals surface area contributed by atoms with Gasteiger partial charge in [-0.05, 0) is 57.9 Å². The molecule has 0 saturated heterocycles. The normalized spacial score (nSPS) is 10.8. The molecule has 3 aromatic carbocycles. The molecule has 0 saturated carbocycles. The number of nitro groups is 1. The Morgan fingerprint density at radius 3 is 2.68 bits per heavy atom. The second-order valence-electron chi connectivity index (χ2n) is 6.22. The average Bonchev–Trinajstić information content (AvgIpc) is 2.74. The number of nitrogens with zero attached hydrogens (tertiary/aromatic N) is 2. The summed E-state index contributed by atoms with van der Waals surface area (Å²) in [5.41, 5.74) is 3.80. The first-order valence-corrected chi connectivity index (χ1v) is 10.3. The summed E-state index contributed by atoms with van der Waals surface area (Å²) < 4.78 is 6.47. The van der Waals surface area contributed by atoms with Crippen LogP contribution in [0.2, 0.25) is 10.0 Å². The molecule has 0 heterocycles. The number of non-ortho nitro benzene ring substituents is 1. The van der Waals surface area contributed by atoms with Crippen molar-refractivity contribution in [1.29, 1.82) is 0 Å². The third-order valence-electron chi connectivity index (χ3n) is 4.05. The van der Waals surface area contributed by atoms with Gasteiger partial charge in [0, 0.05) is 33.3 Å². The van der Waals surface area contributed by atoms with Crippen LogP contribution in [0.1, 0.15) is 21.5 Å². The molecular formula is C21H14BrCl2N3O4. The molecule has 0 atom stereocenters. The van der Waals surface area contributed by atoms with Crippen molar-refractivity contribution in [3.8, 4) is 5.75 Å². The van der Waals surface area contributed by atoms with Gasteiger partial charge in [-0.3, -0.25) is 14.9 Å². The minimum atomic E-state index is -0.567. The molecule has 3 rings (SSSR count). The third-order valence-corrected chi connectivity index (χ3v) is 5.26. The lowest BCUT2D eigenvalue weighted by Gasteiger charge is -2.10. The van der Waals surface area contributed by atoms with Gasteiger partial charge in [0.25, 0.3) is 11.6 Å². The van der Waals surface area contributed by atoms with Crippen LogP contribution in [-0.2, 0) is 6.61 Å². The highest BCUT2D eigenvalue weighted by Crippen LogP contribution is 2.28. The topological polar surface area (TPSA) is 93.8 Å². The summed E-state index contributed by atoms with van der Waals surface area (Å²) in [6.45, 7) is 0.265. The number of amides is 1. The Balaban J connectivity index is 1.60. The van der Waals surface area contributed by atoms with Crippen molar-refractivity contribution < 1.29 is 14.5 Å². The fourth-order valence-electron chi connectivity index (χ4n) is 2.50. The van der Waals surface area contributed by atoms with Gasteiger partial charge >= 0.3 is 0 Å². The lowest BCUT2D eigenvalue weighted by atomic mass is 10.2. The van der Waals surface area contributed by atoms with E-state index in [-0.39, 0.29) is 17.9 Å². The van der Waals surface area contributed by atoms with Gasteiger partial charge in [-0.15, -0.1) is 0 Å². The molecule has 7 nitrogen and oxygen atoms in total. The summed E-state index contributed by atoms with van der Waals surface area (Å²) >= 11 is 15.5. The Morgan fingerprint density at radius 1 is 1.16 bits per heavy atom. The van der Waals surface area contributed by atoms with Gasteiger partial charge in [0.05, 0.1) is 15.6 Å². The van der Waals surface area contributed by atoms with E-state index in [2.05, 4.69) is 26.5 Å². The van der Waals surface area contributed by atoms with Gasteiger partial charge in [-0.25, -0.2) is 5.43 Å². The predicted octanol–water partition coefficient (Wildman–Crippen LogP) is 6.01. The first-order chi connectivity index (χ1) is 14.8. The van der Waals surface area contributed by atoms with Crippen LogP contribution in [0.15, 0.2) is 70.2 Å². The number of nitro benzene ring substituents is 1. The number of rotatable bonds is 7. The zero-order chi connectivity index (χ0) is 22.4. The molecule has 0 fully saturated rings. The maximum atomic E-state index is 12.1. The van der Waals surface area contributed by atoms with Gasteiger partial charge in [-0.1, -0.05) is 35.3 Å². The van der Waals surface area contributed by atoms with Crippen molar-refractivity contribution >= 4 is 56.9 Å². The van der Waals surface area contributed by atoms with Gasteiger partial charge in [0.1, 0.15) is 12.4 Å². The molecule has 0 bridgehead atoms. The highest BCUT2D eigenvalue weighted by atomic mass is 79.9. The molecule has 0 aliphatic carbocycles. The molecule has 0 unspecified atom stereocenters. The fraction of sp³-hybridized carbons (Fsp3) is 0.0476. The highest BCUT2D eigenvalue weighted by Gasteiger charge is 2.11. The van der Waals surface area contributed by atoms with Crippen LogP contribution < -0.4 is 10.2 Å². The van der Waals surface area contributed by atoms with E-state index in [1.807, 2.05) is 0 Å². The summed E-state index contributed by atoms with van der Waals surface area (Å²) in [7, 11) is 0. The molecule has 0 radical (unpaired) electrons. The number of halogens is 3. The number of nitrogens with one attached hydrogen (secondary N) is 1. The zero-order valence-corrected chi connectivity index (χ0v) is 18.8. The van der Waals surface area contributed by atoms with Gasteiger partial charge in [0.15, 0.2) is 0 Å². The van der Waals surface area contributed by atoms with Gasteiger partial charge in [-0.2, -0.15) is 5.10 Å². The number of hydrogen-bond donors (Lipinski definition) is 1. The number of benzene rings is 3. The van der Waals surface area contributed by atoms with E-state index in [4.69, 9.17) is 27.9 Å². The van der Waals surface area contributed by atoms with Crippen molar-refractivity contribution in [2.45, 2.75) is 6.61 Å². The molecule has 0 spiro atoms. The van der Waals surface area contributed by atoms with Crippen LogP contribution in [0.4, 0.5) is 5.69 Å². The smallest absolute Gasteiger partial charge is 0.271 e. The SMILES string of the molecule is O=C(N/N=C\c1ccc(OCc2ccc(Cl)cc2Cl)c(Br)c1)c1cccc([N+](=O)[O-])c1. The van der Waals surface area contributed by atoms with Crippen molar-refractivity contribution in [3.05, 3.63) is 102 Å². The number of hydrogen-bond acceptors (Lipinski definition) is 5. The molecule has 3 aromatic rings. The first kappa shape index (κ1) is 22.7. The minimum Gasteiger partial charge on any atom is -0.488 e. The highest BCUT2D eigenvalue weighted by molar-refractivity contribution is 9.10. The van der Waals surface area contributed by atoms with Gasteiger partial charge in [0.2, 0.25) is 0 Å². The van der Waals surface area contributed by atoms with E-state index in [9.17, 15) is 14.9 Å². The standard InChI is InChI=1S/C21H14BrCl2N3O4/c22-18-8-13(4-7-20(18)31-12-15-5-6-16(23)10-19(15)24)11-25-26-21(28)14-2-1-3-17(9-14)27(29)30/h1-11H,12H2,(H,26,28)/b25-11-. The summed E-state index contributed by atoms with van der Waals surface area (Å²) in [4.78, 5) is 22.3. The van der Waals surface area contributed by atoms with Crippen molar-refractivity contribution in [3.63, 3.8) is 0 Å². The second kappa shape index (κ2) is 10.4. The Kier molecular flexibility index (Phi) is 7.62. The zero-order valence-electron chi connectivity index (χ0n) is 15.7. The minimum absolute atomic E-state index is 0.136. The summed E-state index contributed by atoms with van der Waals surface area (Å²) in [6, 6.07) is 15.8. The van der Waals surface area contributed by atoms with Crippen LogP contribution in [0.25, 0.3) is 0 Å². The predicted molar refractivity (Wildman–Crippen MR) is 123 cm³/mol. The van der Waals surface area contributed by atoms with Crippen LogP contribution in [-0.4, -0.2) is 17.0 Å². The molecule has 31 heavy (non-hydrogen) atoms. The molecule has 1 amide bonds. The molecule has 158 valence electrons. The molecule has 10 heteroatoms. The molecule has 0 aliphatic heterocycles. The van der Waals surface area contributed by atoms with E-state index in [0.717, 1.165) is 5.56 Å². The van der Waals surface area contributed by atoms with Gasteiger partial charge < -0.3 is 4.74 Å². The van der Waals surface area contributed by atoms with E-state index in [0.29, 0.717) is 25.8 Å². The van der Waals surface area contributed by atoms with Crippen LogP contribution in [0.3, 0.4) is 0 Å². The Morgan fingerprint density at radius 2 is 1.97 bits per heavy atom. The summed E-state index contributed by atoms with van der Waals surface area (Å²) in [6.07, 6.45) is 1.44. The van der Waals surface area contributed by atoms with Crippen LogP contribution >= 0.6 is 39.1 Å². The number of ether oxygens (including phenoxy) is 1. The van der Waals surface area contributed by atoms with E-state index in [1.165, 1.54) is 30.5 Å². The molecular weight excluding hydrogens is 509 g/mol. The summed E-state index contributed by atoms with van der Waals surface area (Å²) in [5, 5.41) is 15.8. The summed E-state index contributed by atoms with van der Waals surface area (Å²) in [5.74, 6) is 0.0441. The number of carbonyl (C=O) groups excluding carboxylic acids is 1. The van der Waals surface area contributed by atoms with E-state index >= 15 is 0 Å². The third kappa shape index (κ3) is 6.27. The van der Waals surface area contributed by atoms with E-state index in [1.54, 1.807) is 36.4 Å².